The zero-order chi connectivity index (χ0) is 29.6. The van der Waals surface area contributed by atoms with Gasteiger partial charge in [-0.15, -0.1) is 0 Å². The van der Waals surface area contributed by atoms with Gasteiger partial charge in [0.2, 0.25) is 11.6 Å². The lowest BCUT2D eigenvalue weighted by atomic mass is 9.69. The number of hydrogen-bond donors (Lipinski definition) is 0. The molecule has 1 unspecified atom stereocenters. The van der Waals surface area contributed by atoms with Crippen LogP contribution in [0.3, 0.4) is 0 Å². The largest absolute Gasteiger partial charge is 0.491 e. The Hall–Kier alpha value is -2.50. The van der Waals surface area contributed by atoms with Gasteiger partial charge >= 0.3 is 0 Å². The van der Waals surface area contributed by atoms with E-state index in [0.29, 0.717) is 36.2 Å². The van der Waals surface area contributed by atoms with Gasteiger partial charge in [-0.2, -0.15) is 8.78 Å². The SMILES string of the molecule is CCOc1ccc(C2=CCC(C3CCC(CCC4CCC(c5ccc(OCC)c(F)c5F)CC4)CC3)CC2)c(F)c1F. The second-order valence-electron chi connectivity index (χ2n) is 12.7. The molecule has 6 heteroatoms. The molecule has 2 aromatic carbocycles. The van der Waals surface area contributed by atoms with Crippen molar-refractivity contribution in [2.45, 2.75) is 103 Å². The number of allylic oxidation sites excluding steroid dienone is 2. The van der Waals surface area contributed by atoms with E-state index in [9.17, 15) is 17.6 Å². The van der Waals surface area contributed by atoms with Crippen molar-refractivity contribution in [3.63, 3.8) is 0 Å². The first-order valence-corrected chi connectivity index (χ1v) is 16.3. The Morgan fingerprint density at radius 3 is 1.76 bits per heavy atom. The molecule has 2 fully saturated rings. The van der Waals surface area contributed by atoms with Crippen LogP contribution in [0.15, 0.2) is 30.3 Å². The van der Waals surface area contributed by atoms with E-state index in [-0.39, 0.29) is 17.4 Å². The Morgan fingerprint density at radius 1 is 0.619 bits per heavy atom. The summed E-state index contributed by atoms with van der Waals surface area (Å²) in [6, 6.07) is 6.49. The van der Waals surface area contributed by atoms with Crippen molar-refractivity contribution in [1.29, 1.82) is 0 Å². The van der Waals surface area contributed by atoms with E-state index in [1.807, 2.05) is 0 Å². The third-order valence-corrected chi connectivity index (χ3v) is 10.3. The van der Waals surface area contributed by atoms with Crippen molar-refractivity contribution in [2.24, 2.45) is 23.7 Å². The van der Waals surface area contributed by atoms with Crippen molar-refractivity contribution in [3.8, 4) is 11.5 Å². The van der Waals surface area contributed by atoms with Gasteiger partial charge < -0.3 is 9.47 Å². The molecule has 2 saturated carbocycles. The fourth-order valence-corrected chi connectivity index (χ4v) is 7.88. The van der Waals surface area contributed by atoms with E-state index in [0.717, 1.165) is 62.4 Å². The molecule has 0 N–H and O–H groups in total. The van der Waals surface area contributed by atoms with E-state index in [1.54, 1.807) is 38.1 Å². The second kappa shape index (κ2) is 14.3. The van der Waals surface area contributed by atoms with Crippen LogP contribution in [0.2, 0.25) is 0 Å². The van der Waals surface area contributed by atoms with Crippen LogP contribution in [-0.2, 0) is 0 Å². The van der Waals surface area contributed by atoms with Gasteiger partial charge in [-0.05, 0) is 131 Å². The molecule has 3 aliphatic rings. The minimum Gasteiger partial charge on any atom is -0.491 e. The highest BCUT2D eigenvalue weighted by molar-refractivity contribution is 5.67. The predicted molar refractivity (Wildman–Crippen MR) is 160 cm³/mol. The lowest BCUT2D eigenvalue weighted by Crippen LogP contribution is -2.24. The number of halogens is 4. The summed E-state index contributed by atoms with van der Waals surface area (Å²) in [5.74, 6) is -0.367. The van der Waals surface area contributed by atoms with E-state index in [1.165, 1.54) is 38.5 Å². The highest BCUT2D eigenvalue weighted by atomic mass is 19.2. The molecular formula is C36H46F4O2. The molecule has 3 aliphatic carbocycles. The van der Waals surface area contributed by atoms with Gasteiger partial charge in [0.05, 0.1) is 13.2 Å². The first-order chi connectivity index (χ1) is 20.4. The number of ether oxygens (including phenoxy) is 2. The lowest BCUT2D eigenvalue weighted by Gasteiger charge is -2.36. The van der Waals surface area contributed by atoms with Crippen LogP contribution in [0, 0.1) is 46.9 Å². The lowest BCUT2D eigenvalue weighted by molar-refractivity contribution is 0.179. The Balaban J connectivity index is 1.04. The summed E-state index contributed by atoms with van der Waals surface area (Å²) in [7, 11) is 0. The molecule has 0 spiro atoms. The molecule has 0 radical (unpaired) electrons. The van der Waals surface area contributed by atoms with Crippen molar-refractivity contribution in [3.05, 3.63) is 64.7 Å². The Kier molecular flexibility index (Phi) is 10.5. The number of hydrogen-bond acceptors (Lipinski definition) is 2. The van der Waals surface area contributed by atoms with Gasteiger partial charge in [-0.25, -0.2) is 8.78 Å². The van der Waals surface area contributed by atoms with Crippen molar-refractivity contribution in [2.75, 3.05) is 13.2 Å². The van der Waals surface area contributed by atoms with Crippen LogP contribution in [-0.4, -0.2) is 13.2 Å². The van der Waals surface area contributed by atoms with E-state index in [2.05, 4.69) is 6.08 Å². The average molecular weight is 587 g/mol. The summed E-state index contributed by atoms with van der Waals surface area (Å²) in [4.78, 5) is 0. The zero-order valence-electron chi connectivity index (χ0n) is 25.2. The van der Waals surface area contributed by atoms with E-state index in [4.69, 9.17) is 9.47 Å². The van der Waals surface area contributed by atoms with Crippen molar-refractivity contribution >= 4 is 5.57 Å². The molecule has 0 bridgehead atoms. The Labute approximate surface area is 248 Å². The summed E-state index contributed by atoms with van der Waals surface area (Å²) in [6.45, 7) is 4.15. The number of benzene rings is 2. The van der Waals surface area contributed by atoms with Crippen LogP contribution in [0.4, 0.5) is 17.6 Å². The molecule has 2 aromatic rings. The third-order valence-electron chi connectivity index (χ3n) is 10.3. The molecule has 2 nitrogen and oxygen atoms in total. The Bertz CT molecular complexity index is 1230. The van der Waals surface area contributed by atoms with Gasteiger partial charge in [0, 0.05) is 5.56 Å². The van der Waals surface area contributed by atoms with Gasteiger partial charge in [-0.3, -0.25) is 0 Å². The monoisotopic (exact) mass is 586 g/mol. The fraction of sp³-hybridized carbons (Fsp3) is 0.611. The predicted octanol–water partition coefficient (Wildman–Crippen LogP) is 10.8. The maximum Gasteiger partial charge on any atom is 0.201 e. The second-order valence-corrected chi connectivity index (χ2v) is 12.7. The smallest absolute Gasteiger partial charge is 0.201 e. The van der Waals surface area contributed by atoms with Crippen LogP contribution in [0.5, 0.6) is 11.5 Å². The van der Waals surface area contributed by atoms with Gasteiger partial charge in [-0.1, -0.05) is 37.8 Å². The van der Waals surface area contributed by atoms with Gasteiger partial charge in [0.15, 0.2) is 23.1 Å². The highest BCUT2D eigenvalue weighted by Crippen LogP contribution is 2.45. The minimum atomic E-state index is -0.888. The number of rotatable bonds is 10. The topological polar surface area (TPSA) is 18.5 Å². The molecular weight excluding hydrogens is 540 g/mol. The normalized spacial score (nSPS) is 26.5. The standard InChI is InChI=1S/C36H46F4O2/c1-3-41-31-21-19-29(33(37)35(31)39)27-13-9-24(10-14-27)6-5-23-7-11-25(12-8-23)26-15-17-28(18-16-26)30-20-22-32(42-4-2)36(40)34(30)38/h17,19-27H,3-16,18H2,1-2H3. The molecule has 5 rings (SSSR count). The molecule has 0 aromatic heterocycles. The maximum atomic E-state index is 14.7. The van der Waals surface area contributed by atoms with Crippen LogP contribution < -0.4 is 9.47 Å². The summed E-state index contributed by atoms with van der Waals surface area (Å²) in [5.41, 5.74) is 1.81. The van der Waals surface area contributed by atoms with E-state index < -0.39 is 23.3 Å². The Morgan fingerprint density at radius 2 is 1.19 bits per heavy atom. The zero-order valence-corrected chi connectivity index (χ0v) is 25.2. The quantitative estimate of drug-likeness (QED) is 0.258. The summed E-state index contributed by atoms with van der Waals surface area (Å²) >= 11 is 0. The summed E-state index contributed by atoms with van der Waals surface area (Å²) in [5, 5.41) is 0. The highest BCUT2D eigenvalue weighted by Gasteiger charge is 2.31. The van der Waals surface area contributed by atoms with Gasteiger partial charge in [0.25, 0.3) is 0 Å². The molecule has 0 heterocycles. The van der Waals surface area contributed by atoms with Crippen LogP contribution >= 0.6 is 0 Å². The maximum absolute atomic E-state index is 14.7. The summed E-state index contributed by atoms with van der Waals surface area (Å²) < 4.78 is 68.6. The van der Waals surface area contributed by atoms with Crippen molar-refractivity contribution in [1.82, 2.24) is 0 Å². The minimum absolute atomic E-state index is 0.00264. The van der Waals surface area contributed by atoms with Crippen molar-refractivity contribution < 1.29 is 27.0 Å². The third kappa shape index (κ3) is 7.00. The van der Waals surface area contributed by atoms with Crippen LogP contribution in [0.25, 0.3) is 5.57 Å². The molecule has 0 saturated heterocycles. The molecule has 42 heavy (non-hydrogen) atoms. The molecule has 0 amide bonds. The molecule has 0 aliphatic heterocycles. The summed E-state index contributed by atoms with van der Waals surface area (Å²) in [6.07, 6.45) is 16.5. The average Bonchev–Trinajstić information content (AvgIpc) is 3.02. The first kappa shape index (κ1) is 30.9. The van der Waals surface area contributed by atoms with E-state index >= 15 is 0 Å². The molecule has 1 atom stereocenters. The first-order valence-electron chi connectivity index (χ1n) is 16.3. The fourth-order valence-electron chi connectivity index (χ4n) is 7.88. The van der Waals surface area contributed by atoms with Gasteiger partial charge in [0.1, 0.15) is 0 Å². The van der Waals surface area contributed by atoms with Crippen LogP contribution in [0.1, 0.15) is 114 Å². The molecule has 230 valence electrons.